The molecule has 2 heterocycles. The molecule has 0 aliphatic carbocycles. The molecule has 0 spiro atoms. The van der Waals surface area contributed by atoms with Crippen LogP contribution in [-0.2, 0) is 44.8 Å². The van der Waals surface area contributed by atoms with Crippen molar-refractivity contribution in [1.29, 1.82) is 0 Å². The van der Waals surface area contributed by atoms with Crippen molar-refractivity contribution in [2.24, 2.45) is 11.5 Å². The molecular formula is C30H42N6O9. The Bertz CT molecular complexity index is 1280. The van der Waals surface area contributed by atoms with Gasteiger partial charge in [0.05, 0.1) is 12.8 Å². The summed E-state index contributed by atoms with van der Waals surface area (Å²) < 4.78 is 10.6. The normalized spacial score (nSPS) is 19.3. The molecule has 1 aromatic carbocycles. The Kier molecular flexibility index (Phi) is 11.9. The lowest BCUT2D eigenvalue weighted by Crippen LogP contribution is -2.58. The first-order valence-electron chi connectivity index (χ1n) is 14.8. The van der Waals surface area contributed by atoms with Gasteiger partial charge in [0.25, 0.3) is 0 Å². The molecular weight excluding hydrogens is 588 g/mol. The van der Waals surface area contributed by atoms with Crippen molar-refractivity contribution in [3.8, 4) is 0 Å². The van der Waals surface area contributed by atoms with Gasteiger partial charge in [-0.15, -0.1) is 0 Å². The van der Waals surface area contributed by atoms with Crippen LogP contribution in [0.2, 0.25) is 0 Å². The third-order valence-corrected chi connectivity index (χ3v) is 7.28. The second kappa shape index (κ2) is 15.3. The number of rotatable bonds is 12. The summed E-state index contributed by atoms with van der Waals surface area (Å²) in [5.74, 6) is -4.50. The molecule has 1 aromatic rings. The number of hydrogen-bond acceptors (Lipinski definition) is 9. The highest BCUT2D eigenvalue weighted by molar-refractivity contribution is 5.97. The lowest BCUT2D eigenvalue weighted by atomic mass is 10.1. The zero-order valence-electron chi connectivity index (χ0n) is 25.8. The highest BCUT2D eigenvalue weighted by atomic mass is 16.6. The minimum absolute atomic E-state index is 0.0186. The van der Waals surface area contributed by atoms with E-state index in [2.05, 4.69) is 10.6 Å². The van der Waals surface area contributed by atoms with Gasteiger partial charge >= 0.3 is 12.1 Å². The highest BCUT2D eigenvalue weighted by Gasteiger charge is 2.42. The fourth-order valence-electron chi connectivity index (χ4n) is 5.32. The summed E-state index contributed by atoms with van der Waals surface area (Å²) in [6, 6.07) is 4.23. The van der Waals surface area contributed by atoms with E-state index in [0.29, 0.717) is 19.3 Å². The van der Waals surface area contributed by atoms with E-state index in [1.54, 1.807) is 45.0 Å². The van der Waals surface area contributed by atoms with Crippen LogP contribution in [0.15, 0.2) is 30.3 Å². The molecule has 0 saturated carbocycles. The predicted molar refractivity (Wildman–Crippen MR) is 158 cm³/mol. The van der Waals surface area contributed by atoms with Gasteiger partial charge in [0.15, 0.2) is 0 Å². The molecule has 4 atom stereocenters. The van der Waals surface area contributed by atoms with E-state index in [1.807, 2.05) is 6.07 Å². The first-order chi connectivity index (χ1) is 21.2. The maximum atomic E-state index is 13.6. The number of esters is 1. The summed E-state index contributed by atoms with van der Waals surface area (Å²) in [6.07, 6.45) is -0.561. The Morgan fingerprint density at radius 3 is 1.87 bits per heavy atom. The van der Waals surface area contributed by atoms with Crippen molar-refractivity contribution >= 4 is 41.6 Å². The Morgan fingerprint density at radius 2 is 1.33 bits per heavy atom. The molecule has 6 N–H and O–H groups in total. The van der Waals surface area contributed by atoms with E-state index in [0.717, 1.165) is 5.56 Å². The van der Waals surface area contributed by atoms with Crippen LogP contribution in [-0.4, -0.2) is 94.3 Å². The first kappa shape index (κ1) is 34.8. The van der Waals surface area contributed by atoms with Crippen molar-refractivity contribution < 1.29 is 43.0 Å². The lowest BCUT2D eigenvalue weighted by Gasteiger charge is -2.31. The zero-order chi connectivity index (χ0) is 33.3. The number of amides is 6. The summed E-state index contributed by atoms with van der Waals surface area (Å²) >= 11 is 0. The minimum atomic E-state index is -1.41. The molecule has 15 nitrogen and oxygen atoms in total. The van der Waals surface area contributed by atoms with Crippen LogP contribution >= 0.6 is 0 Å². The van der Waals surface area contributed by atoms with Gasteiger partial charge < -0.3 is 41.4 Å². The number of hydrogen-bond donors (Lipinski definition) is 4. The number of likely N-dealkylation sites (tertiary alicyclic amines) is 2. The first-order valence-corrected chi connectivity index (χ1v) is 14.8. The Labute approximate surface area is 261 Å². The molecule has 6 amide bonds. The minimum Gasteiger partial charge on any atom is -0.459 e. The van der Waals surface area contributed by atoms with Gasteiger partial charge in [-0.05, 0) is 52.0 Å². The van der Waals surface area contributed by atoms with Crippen LogP contribution in [0.5, 0.6) is 0 Å². The van der Waals surface area contributed by atoms with E-state index in [1.165, 1.54) is 9.80 Å². The van der Waals surface area contributed by atoms with Crippen molar-refractivity contribution in [1.82, 2.24) is 20.4 Å². The van der Waals surface area contributed by atoms with E-state index in [-0.39, 0.29) is 26.1 Å². The van der Waals surface area contributed by atoms with E-state index in [4.69, 9.17) is 20.9 Å². The number of ether oxygens (including phenoxy) is 2. The number of nitrogens with zero attached hydrogens (tertiary/aromatic N) is 2. The Balaban J connectivity index is 1.71. The predicted octanol–water partition coefficient (Wildman–Crippen LogP) is -0.159. The number of nitrogens with one attached hydrogen (secondary N) is 2. The number of carbonyl (C=O) groups is 7. The topological polar surface area (TPSA) is 221 Å². The van der Waals surface area contributed by atoms with Crippen molar-refractivity contribution in [3.63, 3.8) is 0 Å². The zero-order valence-corrected chi connectivity index (χ0v) is 25.8. The van der Waals surface area contributed by atoms with Crippen LogP contribution in [0.3, 0.4) is 0 Å². The molecule has 2 aliphatic heterocycles. The second-order valence-electron chi connectivity index (χ2n) is 12.1. The number of benzene rings is 1. The summed E-state index contributed by atoms with van der Waals surface area (Å²) in [6.45, 7) is 5.22. The van der Waals surface area contributed by atoms with Crippen LogP contribution in [0.1, 0.15) is 64.9 Å². The Hall–Kier alpha value is -4.69. The molecule has 2 aliphatic rings. The third kappa shape index (κ3) is 10.2. The summed E-state index contributed by atoms with van der Waals surface area (Å²) in [4.78, 5) is 91.9. The highest BCUT2D eigenvalue weighted by Crippen LogP contribution is 2.23. The van der Waals surface area contributed by atoms with Gasteiger partial charge in [-0.1, -0.05) is 30.3 Å². The van der Waals surface area contributed by atoms with Gasteiger partial charge in [-0.25, -0.2) is 9.59 Å². The van der Waals surface area contributed by atoms with Crippen LogP contribution in [0, 0.1) is 0 Å². The van der Waals surface area contributed by atoms with Gasteiger partial charge in [-0.3, -0.25) is 24.0 Å². The molecule has 2 saturated heterocycles. The standard InChI is InChI=1S/C30H42N6O9/c1-30(2,3)45-29(43)34-20(16-24(32)38)27(41)35-13-7-11-21(35)25(39)33-19(15-23(31)37)26(40)36-14-8-12-22(36)28(42)44-17-18-9-5-4-6-10-18/h4-6,9-10,19-22H,7-8,11-17H2,1-3H3,(H2,31,37)(H2,32,38)(H,33,39)(H,34,43)/t19-,20-,21-,22-/m0/s1. The molecule has 246 valence electrons. The van der Waals surface area contributed by atoms with Gasteiger partial charge in [0.1, 0.15) is 36.4 Å². The Morgan fingerprint density at radius 1 is 0.822 bits per heavy atom. The maximum Gasteiger partial charge on any atom is 0.408 e. The average molecular weight is 631 g/mol. The quantitative estimate of drug-likeness (QED) is 0.225. The van der Waals surface area contributed by atoms with Crippen molar-refractivity contribution in [3.05, 3.63) is 35.9 Å². The second-order valence-corrected chi connectivity index (χ2v) is 12.1. The van der Waals surface area contributed by atoms with Crippen molar-refractivity contribution in [2.45, 2.75) is 95.7 Å². The molecule has 2 fully saturated rings. The van der Waals surface area contributed by atoms with E-state index < -0.39 is 84.2 Å². The smallest absolute Gasteiger partial charge is 0.408 e. The SMILES string of the molecule is CC(C)(C)OC(=O)N[C@@H](CC(N)=O)C(=O)N1CCC[C@H]1C(=O)N[C@@H](CC(N)=O)C(=O)N1CCC[C@H]1C(=O)OCc1ccccc1. The number of alkyl carbamates (subject to hydrolysis) is 1. The van der Waals surface area contributed by atoms with Gasteiger partial charge in [0.2, 0.25) is 29.5 Å². The molecule has 3 rings (SSSR count). The molecule has 0 radical (unpaired) electrons. The average Bonchev–Trinajstić information content (AvgIpc) is 3.64. The number of nitrogens with two attached hydrogens (primary N) is 2. The lowest BCUT2D eigenvalue weighted by molar-refractivity contribution is -0.155. The fourth-order valence-corrected chi connectivity index (χ4v) is 5.32. The van der Waals surface area contributed by atoms with Crippen LogP contribution < -0.4 is 22.1 Å². The number of primary amides is 2. The van der Waals surface area contributed by atoms with Crippen LogP contribution in [0.25, 0.3) is 0 Å². The van der Waals surface area contributed by atoms with Crippen LogP contribution in [0.4, 0.5) is 4.79 Å². The van der Waals surface area contributed by atoms with E-state index in [9.17, 15) is 33.6 Å². The fraction of sp³-hybridized carbons (Fsp3) is 0.567. The summed E-state index contributed by atoms with van der Waals surface area (Å²) in [5, 5.41) is 4.89. The summed E-state index contributed by atoms with van der Waals surface area (Å²) in [7, 11) is 0. The van der Waals surface area contributed by atoms with E-state index >= 15 is 0 Å². The molecule has 15 heteroatoms. The number of carbonyl (C=O) groups excluding carboxylic acids is 7. The largest absolute Gasteiger partial charge is 0.459 e. The van der Waals surface area contributed by atoms with Crippen molar-refractivity contribution in [2.75, 3.05) is 13.1 Å². The maximum absolute atomic E-state index is 13.6. The third-order valence-electron chi connectivity index (χ3n) is 7.28. The molecule has 45 heavy (non-hydrogen) atoms. The molecule has 0 bridgehead atoms. The monoisotopic (exact) mass is 630 g/mol. The molecule has 0 aromatic heterocycles. The molecule has 0 unspecified atom stereocenters. The summed E-state index contributed by atoms with van der Waals surface area (Å²) in [5.41, 5.74) is 10.6. The van der Waals surface area contributed by atoms with Gasteiger partial charge in [0, 0.05) is 13.1 Å². The van der Waals surface area contributed by atoms with Gasteiger partial charge in [-0.2, -0.15) is 0 Å².